The molecule has 88 valence electrons. The zero-order chi connectivity index (χ0) is 11.3. The minimum absolute atomic E-state index is 0.744. The van der Waals surface area contributed by atoms with Crippen LogP contribution in [0, 0.1) is 17.8 Å². The van der Waals surface area contributed by atoms with Crippen LogP contribution in [0.1, 0.15) is 52.9 Å². The lowest BCUT2D eigenvalue weighted by molar-refractivity contribution is 0.310. The third kappa shape index (κ3) is 4.72. The topological polar surface area (TPSA) is 12.0 Å². The van der Waals surface area contributed by atoms with Crippen molar-refractivity contribution in [3.8, 4) is 0 Å². The molecule has 1 heteroatoms. The van der Waals surface area contributed by atoms with E-state index in [1.807, 2.05) is 0 Å². The van der Waals surface area contributed by atoms with Crippen molar-refractivity contribution in [1.29, 1.82) is 0 Å². The molecule has 0 amide bonds. The van der Waals surface area contributed by atoms with Crippen molar-refractivity contribution >= 4 is 0 Å². The molecule has 15 heavy (non-hydrogen) atoms. The van der Waals surface area contributed by atoms with Crippen LogP contribution in [-0.4, -0.2) is 6.54 Å². The molecular formula is C14H27N. The molecule has 0 bridgehead atoms. The Morgan fingerprint density at radius 3 is 2.40 bits per heavy atom. The highest BCUT2D eigenvalue weighted by Gasteiger charge is 2.20. The fraction of sp³-hybridized carbons (Fsp3) is 0.857. The Morgan fingerprint density at radius 1 is 1.27 bits per heavy atom. The van der Waals surface area contributed by atoms with Gasteiger partial charge >= 0.3 is 0 Å². The average molecular weight is 209 g/mol. The standard InChI is InChI=1S/C14H27N/c1-11(2)9-10-15-13(4)14-7-5-12(3)6-8-14/h11-12,14-15H,4-10H2,1-3H3. The van der Waals surface area contributed by atoms with E-state index in [1.54, 1.807) is 0 Å². The van der Waals surface area contributed by atoms with Crippen LogP contribution >= 0.6 is 0 Å². The second kappa shape index (κ2) is 6.19. The third-order valence-electron chi connectivity index (χ3n) is 3.58. The summed E-state index contributed by atoms with van der Waals surface area (Å²) >= 11 is 0. The summed E-state index contributed by atoms with van der Waals surface area (Å²) in [6.07, 6.45) is 6.70. The summed E-state index contributed by atoms with van der Waals surface area (Å²) < 4.78 is 0. The van der Waals surface area contributed by atoms with Gasteiger partial charge in [-0.3, -0.25) is 0 Å². The van der Waals surface area contributed by atoms with Gasteiger partial charge in [-0.05, 0) is 37.0 Å². The summed E-state index contributed by atoms with van der Waals surface area (Å²) in [4.78, 5) is 0. The lowest BCUT2D eigenvalue weighted by Gasteiger charge is -2.28. The van der Waals surface area contributed by atoms with E-state index in [-0.39, 0.29) is 0 Å². The van der Waals surface area contributed by atoms with Crippen molar-refractivity contribution in [3.05, 3.63) is 12.3 Å². The Kier molecular flexibility index (Phi) is 5.21. The molecule has 1 saturated carbocycles. The van der Waals surface area contributed by atoms with Gasteiger partial charge in [0.1, 0.15) is 0 Å². The molecule has 1 aliphatic rings. The van der Waals surface area contributed by atoms with Gasteiger partial charge in [-0.25, -0.2) is 0 Å². The maximum absolute atomic E-state index is 4.19. The maximum atomic E-state index is 4.19. The van der Waals surface area contributed by atoms with Crippen molar-refractivity contribution in [2.24, 2.45) is 17.8 Å². The zero-order valence-electron chi connectivity index (χ0n) is 10.7. The molecule has 0 spiro atoms. The van der Waals surface area contributed by atoms with Crippen LogP contribution < -0.4 is 5.32 Å². The number of nitrogens with one attached hydrogen (secondary N) is 1. The molecule has 0 saturated heterocycles. The van der Waals surface area contributed by atoms with Crippen LogP contribution in [0.25, 0.3) is 0 Å². The Labute approximate surface area is 95.3 Å². The number of hydrogen-bond acceptors (Lipinski definition) is 1. The second-order valence-electron chi connectivity index (χ2n) is 5.59. The fourth-order valence-corrected chi connectivity index (χ4v) is 2.27. The molecular weight excluding hydrogens is 182 g/mol. The van der Waals surface area contributed by atoms with E-state index in [0.717, 1.165) is 24.3 Å². The van der Waals surface area contributed by atoms with Crippen LogP contribution in [0.4, 0.5) is 0 Å². The van der Waals surface area contributed by atoms with Crippen molar-refractivity contribution < 1.29 is 0 Å². The van der Waals surface area contributed by atoms with E-state index in [2.05, 4.69) is 32.7 Å². The first kappa shape index (κ1) is 12.6. The van der Waals surface area contributed by atoms with Gasteiger partial charge < -0.3 is 5.32 Å². The van der Waals surface area contributed by atoms with E-state index in [4.69, 9.17) is 0 Å². The van der Waals surface area contributed by atoms with Gasteiger partial charge in [-0.2, -0.15) is 0 Å². The van der Waals surface area contributed by atoms with Crippen LogP contribution in [0.15, 0.2) is 12.3 Å². The summed E-state index contributed by atoms with van der Waals surface area (Å²) in [5.41, 5.74) is 1.29. The summed E-state index contributed by atoms with van der Waals surface area (Å²) in [5, 5.41) is 3.50. The van der Waals surface area contributed by atoms with Crippen molar-refractivity contribution in [2.75, 3.05) is 6.54 Å². The van der Waals surface area contributed by atoms with Crippen LogP contribution in [0.5, 0.6) is 0 Å². The second-order valence-corrected chi connectivity index (χ2v) is 5.59. The zero-order valence-corrected chi connectivity index (χ0v) is 10.7. The largest absolute Gasteiger partial charge is 0.389 e. The van der Waals surface area contributed by atoms with Gasteiger partial charge in [-0.15, -0.1) is 0 Å². The molecule has 1 fully saturated rings. The van der Waals surface area contributed by atoms with Gasteiger partial charge in [0.15, 0.2) is 0 Å². The summed E-state index contributed by atoms with van der Waals surface area (Å²) in [7, 11) is 0. The molecule has 0 aromatic heterocycles. The Morgan fingerprint density at radius 2 is 1.87 bits per heavy atom. The molecule has 1 rings (SSSR count). The van der Waals surface area contributed by atoms with Crippen LogP contribution in [-0.2, 0) is 0 Å². The highest BCUT2D eigenvalue weighted by atomic mass is 14.9. The predicted octanol–water partition coefficient (Wildman–Crippen LogP) is 3.96. The quantitative estimate of drug-likeness (QED) is 0.722. The van der Waals surface area contributed by atoms with Gasteiger partial charge in [0, 0.05) is 12.2 Å². The minimum atomic E-state index is 0.744. The molecule has 0 heterocycles. The lowest BCUT2D eigenvalue weighted by atomic mass is 9.81. The predicted molar refractivity (Wildman–Crippen MR) is 67.7 cm³/mol. The monoisotopic (exact) mass is 209 g/mol. The van der Waals surface area contributed by atoms with Crippen molar-refractivity contribution in [2.45, 2.75) is 52.9 Å². The normalized spacial score (nSPS) is 26.7. The fourth-order valence-electron chi connectivity index (χ4n) is 2.27. The van der Waals surface area contributed by atoms with Crippen LogP contribution in [0.3, 0.4) is 0 Å². The van der Waals surface area contributed by atoms with E-state index >= 15 is 0 Å². The first-order valence-electron chi connectivity index (χ1n) is 6.52. The summed E-state index contributed by atoms with van der Waals surface area (Å²) in [5.74, 6) is 2.47. The highest BCUT2D eigenvalue weighted by Crippen LogP contribution is 2.31. The van der Waals surface area contributed by atoms with Gasteiger partial charge in [-0.1, -0.05) is 40.2 Å². The molecule has 1 aliphatic carbocycles. The summed E-state index contributed by atoms with van der Waals surface area (Å²) in [6.45, 7) is 12.2. The average Bonchev–Trinajstić information content (AvgIpc) is 2.18. The lowest BCUT2D eigenvalue weighted by Crippen LogP contribution is -2.24. The molecule has 0 aromatic carbocycles. The first-order valence-corrected chi connectivity index (χ1v) is 6.52. The molecule has 1 nitrogen and oxygen atoms in total. The minimum Gasteiger partial charge on any atom is -0.389 e. The third-order valence-corrected chi connectivity index (χ3v) is 3.58. The first-order chi connectivity index (χ1) is 7.09. The van der Waals surface area contributed by atoms with E-state index < -0.39 is 0 Å². The number of rotatable bonds is 5. The Hall–Kier alpha value is -0.460. The highest BCUT2D eigenvalue weighted by molar-refractivity contribution is 4.99. The summed E-state index contributed by atoms with van der Waals surface area (Å²) in [6, 6.07) is 0. The molecule has 0 aliphatic heterocycles. The number of allylic oxidation sites excluding steroid dienone is 1. The SMILES string of the molecule is C=C(NCCC(C)C)C1CCC(C)CC1. The van der Waals surface area contributed by atoms with Gasteiger partial charge in [0.2, 0.25) is 0 Å². The van der Waals surface area contributed by atoms with E-state index in [1.165, 1.54) is 37.8 Å². The van der Waals surface area contributed by atoms with Gasteiger partial charge in [0.05, 0.1) is 0 Å². The molecule has 0 radical (unpaired) electrons. The van der Waals surface area contributed by atoms with Crippen molar-refractivity contribution in [1.82, 2.24) is 5.32 Å². The van der Waals surface area contributed by atoms with E-state index in [9.17, 15) is 0 Å². The Balaban J connectivity index is 2.17. The van der Waals surface area contributed by atoms with Gasteiger partial charge in [0.25, 0.3) is 0 Å². The Bertz CT molecular complexity index is 188. The maximum Gasteiger partial charge on any atom is 0.0146 e. The number of hydrogen-bond donors (Lipinski definition) is 1. The molecule has 0 aromatic rings. The van der Waals surface area contributed by atoms with Crippen LogP contribution in [0.2, 0.25) is 0 Å². The molecule has 0 atom stereocenters. The molecule has 1 N–H and O–H groups in total. The van der Waals surface area contributed by atoms with Crippen molar-refractivity contribution in [3.63, 3.8) is 0 Å². The van der Waals surface area contributed by atoms with E-state index in [0.29, 0.717) is 0 Å². The molecule has 0 unspecified atom stereocenters. The smallest absolute Gasteiger partial charge is 0.0146 e.